The molecule has 0 unspecified atom stereocenters. The zero-order chi connectivity index (χ0) is 20.9. The minimum atomic E-state index is -0.306. The van der Waals surface area contributed by atoms with Crippen LogP contribution in [-0.2, 0) is 11.8 Å². The van der Waals surface area contributed by atoms with Gasteiger partial charge in [-0.15, -0.1) is 0 Å². The maximum Gasteiger partial charge on any atom is 0.272 e. The highest BCUT2D eigenvalue weighted by Gasteiger charge is 2.51. The van der Waals surface area contributed by atoms with Crippen LogP contribution >= 0.6 is 0 Å². The van der Waals surface area contributed by atoms with E-state index in [-0.39, 0.29) is 17.1 Å². The van der Waals surface area contributed by atoms with Crippen molar-refractivity contribution in [3.8, 4) is 11.3 Å². The third-order valence-electron chi connectivity index (χ3n) is 5.72. The van der Waals surface area contributed by atoms with Crippen molar-refractivity contribution < 1.29 is 18.4 Å². The lowest BCUT2D eigenvalue weighted by Crippen LogP contribution is -2.67. The minimum Gasteiger partial charge on any atom is -0.380 e. The second-order valence-electron chi connectivity index (χ2n) is 8.07. The summed E-state index contributed by atoms with van der Waals surface area (Å²) in [7, 11) is 1.77. The number of amides is 1. The van der Waals surface area contributed by atoms with Gasteiger partial charge in [-0.3, -0.25) is 9.48 Å². The normalized spacial score (nSPS) is 17.4. The lowest BCUT2D eigenvalue weighted by molar-refractivity contribution is -0.176. The first-order valence-corrected chi connectivity index (χ1v) is 9.75. The van der Waals surface area contributed by atoms with Crippen LogP contribution in [0.5, 0.6) is 0 Å². The van der Waals surface area contributed by atoms with E-state index < -0.39 is 0 Å². The summed E-state index contributed by atoms with van der Waals surface area (Å²) >= 11 is 0. The number of hydrogen-bond acceptors (Lipinski definition) is 5. The molecule has 1 aromatic carbocycles. The molecule has 2 saturated heterocycles. The largest absolute Gasteiger partial charge is 0.380 e. The molecule has 1 spiro atoms. The Bertz CT molecular complexity index is 1130. The average molecular weight is 408 g/mol. The van der Waals surface area contributed by atoms with E-state index in [1.54, 1.807) is 29.9 Å². The van der Waals surface area contributed by atoms with Crippen LogP contribution in [0.2, 0.25) is 0 Å². The van der Waals surface area contributed by atoms with Crippen molar-refractivity contribution in [3.05, 3.63) is 58.9 Å². The number of likely N-dealkylation sites (tertiary alicyclic amines) is 1. The highest BCUT2D eigenvalue weighted by atomic mass is 19.1. The monoisotopic (exact) mass is 408 g/mol. The number of carbonyl (C=O) groups excluding carboxylic acids is 1. The van der Waals surface area contributed by atoms with Gasteiger partial charge in [0, 0.05) is 31.3 Å². The fraction of sp³-hybridized carbons (Fsp3) is 0.318. The van der Waals surface area contributed by atoms with Crippen LogP contribution < -0.4 is 0 Å². The Morgan fingerprint density at radius 1 is 1.20 bits per heavy atom. The molecule has 4 heterocycles. The molecule has 0 N–H and O–H groups in total. The zero-order valence-corrected chi connectivity index (χ0v) is 16.8. The number of ether oxygens (including phenoxy) is 1. The van der Waals surface area contributed by atoms with Gasteiger partial charge in [0.25, 0.3) is 5.91 Å². The summed E-state index contributed by atoms with van der Waals surface area (Å²) in [5.74, 6) is 0.321. The summed E-state index contributed by atoms with van der Waals surface area (Å²) in [4.78, 5) is 14.6. The number of hydrogen-bond donors (Lipinski definition) is 0. The summed E-state index contributed by atoms with van der Waals surface area (Å²) in [6.07, 6.45) is 3.67. The summed E-state index contributed by atoms with van der Waals surface area (Å²) in [6, 6.07) is 7.88. The molecule has 2 aliphatic heterocycles. The standard InChI is InChI=1S/C22H21FN4O3/c1-14-18(20(25-30-14)15-3-5-16(23)6-4-15)8-7-17-9-19(26(2)24-17)21(28)27-10-22(11-27)12-29-13-22/h3-9H,10-13H2,1-2H3. The van der Waals surface area contributed by atoms with Gasteiger partial charge in [-0.05, 0) is 49.4 Å². The molecule has 8 heteroatoms. The molecule has 0 saturated carbocycles. The second-order valence-corrected chi connectivity index (χ2v) is 8.07. The number of benzene rings is 1. The van der Waals surface area contributed by atoms with E-state index >= 15 is 0 Å². The molecule has 30 heavy (non-hydrogen) atoms. The van der Waals surface area contributed by atoms with Crippen molar-refractivity contribution in [1.29, 1.82) is 0 Å². The highest BCUT2D eigenvalue weighted by Crippen LogP contribution is 2.38. The molecule has 2 aliphatic rings. The van der Waals surface area contributed by atoms with Gasteiger partial charge in [-0.2, -0.15) is 5.10 Å². The lowest BCUT2D eigenvalue weighted by atomic mass is 9.78. The maximum absolute atomic E-state index is 13.2. The van der Waals surface area contributed by atoms with Crippen molar-refractivity contribution in [3.63, 3.8) is 0 Å². The van der Waals surface area contributed by atoms with Crippen molar-refractivity contribution in [1.82, 2.24) is 19.8 Å². The molecule has 0 atom stereocenters. The SMILES string of the molecule is Cc1onc(-c2ccc(F)cc2)c1C=Cc1cc(C(=O)N2CC3(COC3)C2)n(C)n1. The molecule has 0 bridgehead atoms. The molecule has 5 rings (SSSR count). The summed E-state index contributed by atoms with van der Waals surface area (Å²) in [5, 5.41) is 8.55. The number of halogens is 1. The molecule has 7 nitrogen and oxygen atoms in total. The van der Waals surface area contributed by atoms with Crippen molar-refractivity contribution in [2.24, 2.45) is 12.5 Å². The first-order valence-electron chi connectivity index (χ1n) is 9.75. The Kier molecular flexibility index (Phi) is 4.32. The quantitative estimate of drug-likeness (QED) is 0.663. The third kappa shape index (κ3) is 3.13. The van der Waals surface area contributed by atoms with Gasteiger partial charge in [-0.1, -0.05) is 5.16 Å². The first-order chi connectivity index (χ1) is 14.4. The first kappa shape index (κ1) is 18.7. The fourth-order valence-electron chi connectivity index (χ4n) is 3.97. The molecule has 0 radical (unpaired) electrons. The van der Waals surface area contributed by atoms with Crippen molar-refractivity contribution >= 4 is 18.1 Å². The number of aryl methyl sites for hydroxylation is 2. The van der Waals surface area contributed by atoms with Crippen LogP contribution in [0.25, 0.3) is 23.4 Å². The Morgan fingerprint density at radius 2 is 1.93 bits per heavy atom. The molecular formula is C22H21FN4O3. The van der Waals surface area contributed by atoms with E-state index in [1.807, 2.05) is 24.0 Å². The van der Waals surface area contributed by atoms with Gasteiger partial charge in [0.2, 0.25) is 0 Å². The zero-order valence-electron chi connectivity index (χ0n) is 16.8. The fourth-order valence-corrected chi connectivity index (χ4v) is 3.97. The molecule has 2 fully saturated rings. The molecule has 154 valence electrons. The van der Waals surface area contributed by atoms with E-state index in [9.17, 15) is 9.18 Å². The third-order valence-corrected chi connectivity index (χ3v) is 5.72. The Hall–Kier alpha value is -3.26. The second kappa shape index (κ2) is 6.91. The van der Waals surface area contributed by atoms with Crippen LogP contribution in [0.4, 0.5) is 4.39 Å². The van der Waals surface area contributed by atoms with Crippen molar-refractivity contribution in [2.75, 3.05) is 26.3 Å². The maximum atomic E-state index is 13.2. The van der Waals surface area contributed by atoms with Gasteiger partial charge in [0.15, 0.2) is 0 Å². The van der Waals surface area contributed by atoms with Gasteiger partial charge < -0.3 is 14.2 Å². The molecule has 1 amide bonds. The minimum absolute atomic E-state index is 0.0182. The molecule has 3 aromatic rings. The van der Waals surface area contributed by atoms with Gasteiger partial charge in [0.05, 0.1) is 24.3 Å². The van der Waals surface area contributed by atoms with E-state index in [0.717, 1.165) is 37.4 Å². The summed E-state index contributed by atoms with van der Waals surface area (Å²) in [5.41, 5.74) is 3.56. The number of carbonyl (C=O) groups is 1. The molecule has 2 aromatic heterocycles. The van der Waals surface area contributed by atoms with Crippen LogP contribution in [0.1, 0.15) is 27.5 Å². The van der Waals surface area contributed by atoms with E-state index in [4.69, 9.17) is 9.26 Å². The van der Waals surface area contributed by atoms with Gasteiger partial charge in [0.1, 0.15) is 23.0 Å². The average Bonchev–Trinajstić information content (AvgIpc) is 3.20. The number of rotatable bonds is 4. The van der Waals surface area contributed by atoms with Crippen LogP contribution in [0.15, 0.2) is 34.9 Å². The smallest absolute Gasteiger partial charge is 0.272 e. The highest BCUT2D eigenvalue weighted by molar-refractivity contribution is 5.94. The van der Waals surface area contributed by atoms with E-state index in [2.05, 4.69) is 10.3 Å². The number of aromatic nitrogens is 3. The number of nitrogens with zero attached hydrogens (tertiary/aromatic N) is 4. The predicted octanol–water partition coefficient (Wildman–Crippen LogP) is 3.17. The molecular weight excluding hydrogens is 387 g/mol. The lowest BCUT2D eigenvalue weighted by Gasteiger charge is -2.54. The van der Waals surface area contributed by atoms with Crippen molar-refractivity contribution in [2.45, 2.75) is 6.92 Å². The van der Waals surface area contributed by atoms with Gasteiger partial charge in [-0.25, -0.2) is 4.39 Å². The summed E-state index contributed by atoms with van der Waals surface area (Å²) in [6.45, 7) is 4.78. The van der Waals surface area contributed by atoms with Crippen LogP contribution in [0, 0.1) is 18.2 Å². The summed E-state index contributed by atoms with van der Waals surface area (Å²) < 4.78 is 25.4. The van der Waals surface area contributed by atoms with Crippen LogP contribution in [-0.4, -0.2) is 52.0 Å². The van der Waals surface area contributed by atoms with Gasteiger partial charge >= 0.3 is 0 Å². The molecule has 0 aliphatic carbocycles. The Balaban J connectivity index is 1.36. The predicted molar refractivity (Wildman–Crippen MR) is 108 cm³/mol. The van der Waals surface area contributed by atoms with E-state index in [1.165, 1.54) is 12.1 Å². The Morgan fingerprint density at radius 3 is 2.60 bits per heavy atom. The van der Waals surface area contributed by atoms with E-state index in [0.29, 0.717) is 22.8 Å². The van der Waals surface area contributed by atoms with Crippen LogP contribution in [0.3, 0.4) is 0 Å². The topological polar surface area (TPSA) is 73.4 Å². The Labute approximate surface area is 172 Å².